The van der Waals surface area contributed by atoms with E-state index in [1.54, 1.807) is 17.5 Å². The molecule has 2 N–H and O–H groups in total. The van der Waals surface area contributed by atoms with Gasteiger partial charge in [0.1, 0.15) is 24.2 Å². The predicted octanol–water partition coefficient (Wildman–Crippen LogP) is 0.0185. The van der Waals surface area contributed by atoms with Crippen LogP contribution < -0.4 is 10.6 Å². The van der Waals surface area contributed by atoms with Crippen LogP contribution in [0.3, 0.4) is 0 Å². The lowest BCUT2D eigenvalue weighted by molar-refractivity contribution is -0.126. The van der Waals surface area contributed by atoms with Crippen LogP contribution in [0.5, 0.6) is 0 Å². The van der Waals surface area contributed by atoms with Gasteiger partial charge in [-0.3, -0.25) is 14.5 Å². The second-order valence-electron chi connectivity index (χ2n) is 6.63. The molecule has 140 valence electrons. The van der Waals surface area contributed by atoms with Crippen LogP contribution in [0.15, 0.2) is 24.2 Å². The van der Waals surface area contributed by atoms with Crippen molar-refractivity contribution >= 4 is 23.2 Å². The number of thiazole rings is 1. The Morgan fingerprint density at radius 2 is 2.27 bits per heavy atom. The summed E-state index contributed by atoms with van der Waals surface area (Å²) in [5.74, 6) is -0.149. The molecule has 0 bridgehead atoms. The van der Waals surface area contributed by atoms with E-state index in [2.05, 4.69) is 30.6 Å². The standard InChI is InChI=1S/C16H23N7O2S/c1-11(2)20-16(25)13-5-12(6-22(13)8-15-18-3-4-26-15)21-14(24)7-23-10-17-9-19-23/h3-4,9-13H,5-8H2,1-2H3,(H,20,25)(H,21,24)/t12-,13+/m1/s1. The van der Waals surface area contributed by atoms with Crippen molar-refractivity contribution in [2.75, 3.05) is 6.54 Å². The highest BCUT2D eigenvalue weighted by molar-refractivity contribution is 7.09. The van der Waals surface area contributed by atoms with Crippen molar-refractivity contribution in [1.82, 2.24) is 35.3 Å². The molecule has 0 aliphatic carbocycles. The summed E-state index contributed by atoms with van der Waals surface area (Å²) in [7, 11) is 0. The maximum absolute atomic E-state index is 12.6. The summed E-state index contributed by atoms with van der Waals surface area (Å²) in [6.45, 7) is 5.21. The first-order chi connectivity index (χ1) is 12.5. The Kier molecular flexibility index (Phi) is 5.94. The van der Waals surface area contributed by atoms with Crippen LogP contribution in [-0.2, 0) is 22.7 Å². The van der Waals surface area contributed by atoms with Crippen LogP contribution in [0.2, 0.25) is 0 Å². The highest BCUT2D eigenvalue weighted by atomic mass is 32.1. The average Bonchev–Trinajstić information content (AvgIpc) is 3.29. The third-order valence-corrected chi connectivity index (χ3v) is 4.86. The largest absolute Gasteiger partial charge is 0.353 e. The van der Waals surface area contributed by atoms with Gasteiger partial charge in [-0.2, -0.15) is 5.10 Å². The zero-order valence-electron chi connectivity index (χ0n) is 14.8. The molecule has 0 spiro atoms. The summed E-state index contributed by atoms with van der Waals surface area (Å²) in [4.78, 5) is 35.0. The number of carbonyl (C=O) groups excluding carboxylic acids is 2. The molecule has 10 heteroatoms. The van der Waals surface area contributed by atoms with Gasteiger partial charge in [0.2, 0.25) is 11.8 Å². The zero-order chi connectivity index (χ0) is 18.5. The Bertz CT molecular complexity index is 717. The summed E-state index contributed by atoms with van der Waals surface area (Å²) < 4.78 is 1.47. The van der Waals surface area contributed by atoms with Crippen LogP contribution in [0.25, 0.3) is 0 Å². The molecule has 1 aliphatic heterocycles. The van der Waals surface area contributed by atoms with E-state index in [4.69, 9.17) is 0 Å². The smallest absolute Gasteiger partial charge is 0.242 e. The van der Waals surface area contributed by atoms with Crippen molar-refractivity contribution in [1.29, 1.82) is 0 Å². The molecule has 26 heavy (non-hydrogen) atoms. The Balaban J connectivity index is 1.62. The summed E-state index contributed by atoms with van der Waals surface area (Å²) in [5.41, 5.74) is 0. The van der Waals surface area contributed by atoms with E-state index in [9.17, 15) is 9.59 Å². The lowest BCUT2D eigenvalue weighted by Crippen LogP contribution is -2.45. The quantitative estimate of drug-likeness (QED) is 0.705. The first kappa shape index (κ1) is 18.5. The van der Waals surface area contributed by atoms with Crippen molar-refractivity contribution in [2.45, 2.75) is 51.5 Å². The predicted molar refractivity (Wildman–Crippen MR) is 96.2 cm³/mol. The van der Waals surface area contributed by atoms with E-state index in [0.29, 0.717) is 19.5 Å². The topological polar surface area (TPSA) is 105 Å². The van der Waals surface area contributed by atoms with E-state index in [-0.39, 0.29) is 36.5 Å². The number of hydrogen-bond acceptors (Lipinski definition) is 7. The van der Waals surface area contributed by atoms with Gasteiger partial charge in [-0.15, -0.1) is 11.3 Å². The average molecular weight is 377 g/mol. The molecule has 2 aromatic heterocycles. The highest BCUT2D eigenvalue weighted by Crippen LogP contribution is 2.22. The molecule has 0 radical (unpaired) electrons. The molecule has 9 nitrogen and oxygen atoms in total. The molecular formula is C16H23N7O2S. The van der Waals surface area contributed by atoms with Crippen molar-refractivity contribution in [3.63, 3.8) is 0 Å². The van der Waals surface area contributed by atoms with Crippen LogP contribution in [0.1, 0.15) is 25.3 Å². The van der Waals surface area contributed by atoms with Gasteiger partial charge in [0, 0.05) is 30.2 Å². The van der Waals surface area contributed by atoms with Gasteiger partial charge in [-0.05, 0) is 20.3 Å². The minimum absolute atomic E-state index is 0.00965. The number of rotatable bonds is 7. The molecule has 3 rings (SSSR count). The van der Waals surface area contributed by atoms with Crippen LogP contribution in [0, 0.1) is 0 Å². The van der Waals surface area contributed by atoms with Gasteiger partial charge in [0.15, 0.2) is 0 Å². The molecule has 0 aromatic carbocycles. The first-order valence-corrected chi connectivity index (χ1v) is 9.44. The monoisotopic (exact) mass is 377 g/mol. The van der Waals surface area contributed by atoms with Gasteiger partial charge in [-0.1, -0.05) is 0 Å². The normalized spacial score (nSPS) is 20.4. The SMILES string of the molecule is CC(C)NC(=O)[C@@H]1C[C@@H](NC(=O)Cn2cncn2)CN1Cc1nccs1. The Morgan fingerprint density at radius 1 is 1.42 bits per heavy atom. The molecule has 1 saturated heterocycles. The van der Waals surface area contributed by atoms with Crippen molar-refractivity contribution in [3.8, 4) is 0 Å². The molecule has 1 aliphatic rings. The van der Waals surface area contributed by atoms with Crippen LogP contribution >= 0.6 is 11.3 Å². The fourth-order valence-corrected chi connectivity index (χ4v) is 3.72. The summed E-state index contributed by atoms with van der Waals surface area (Å²) in [5, 5.41) is 12.8. The van der Waals surface area contributed by atoms with Crippen molar-refractivity contribution in [3.05, 3.63) is 29.2 Å². The summed E-state index contributed by atoms with van der Waals surface area (Å²) in [6, 6.07) is -0.294. The van der Waals surface area contributed by atoms with Crippen LogP contribution in [-0.4, -0.2) is 61.1 Å². The van der Waals surface area contributed by atoms with E-state index in [1.165, 1.54) is 17.3 Å². The molecule has 2 amide bonds. The summed E-state index contributed by atoms with van der Waals surface area (Å²) >= 11 is 1.56. The third-order valence-electron chi connectivity index (χ3n) is 4.10. The number of hydrogen-bond donors (Lipinski definition) is 2. The molecule has 0 saturated carbocycles. The first-order valence-electron chi connectivity index (χ1n) is 8.56. The maximum Gasteiger partial charge on any atom is 0.242 e. The van der Waals surface area contributed by atoms with Gasteiger partial charge in [0.05, 0.1) is 12.6 Å². The lowest BCUT2D eigenvalue weighted by atomic mass is 10.1. The highest BCUT2D eigenvalue weighted by Gasteiger charge is 2.37. The Hall–Kier alpha value is -2.33. The Morgan fingerprint density at radius 3 is 2.92 bits per heavy atom. The van der Waals surface area contributed by atoms with Gasteiger partial charge < -0.3 is 10.6 Å². The molecule has 2 aromatic rings. The number of amides is 2. The number of nitrogens with one attached hydrogen (secondary N) is 2. The molecule has 0 unspecified atom stereocenters. The Labute approximate surface area is 155 Å². The molecule has 1 fully saturated rings. The molecule has 2 atom stereocenters. The van der Waals surface area contributed by atoms with Crippen molar-refractivity contribution < 1.29 is 9.59 Å². The number of nitrogens with zero attached hydrogens (tertiary/aromatic N) is 5. The fourth-order valence-electron chi connectivity index (χ4n) is 3.08. The third kappa shape index (κ3) is 4.85. The van der Waals surface area contributed by atoms with E-state index < -0.39 is 0 Å². The van der Waals surface area contributed by atoms with E-state index in [0.717, 1.165) is 5.01 Å². The van der Waals surface area contributed by atoms with Gasteiger partial charge >= 0.3 is 0 Å². The van der Waals surface area contributed by atoms with Gasteiger partial charge in [0.25, 0.3) is 0 Å². The maximum atomic E-state index is 12.6. The minimum atomic E-state index is -0.280. The summed E-state index contributed by atoms with van der Waals surface area (Å²) in [6.07, 6.45) is 5.23. The molecular weight excluding hydrogens is 354 g/mol. The van der Waals surface area contributed by atoms with Crippen molar-refractivity contribution in [2.24, 2.45) is 0 Å². The van der Waals surface area contributed by atoms with E-state index in [1.807, 2.05) is 19.2 Å². The van der Waals surface area contributed by atoms with E-state index >= 15 is 0 Å². The fraction of sp³-hybridized carbons (Fsp3) is 0.562. The van der Waals surface area contributed by atoms with Crippen LogP contribution in [0.4, 0.5) is 0 Å². The molecule has 3 heterocycles. The second kappa shape index (κ2) is 8.37. The number of likely N-dealkylation sites (tertiary alicyclic amines) is 1. The lowest BCUT2D eigenvalue weighted by Gasteiger charge is -2.23. The zero-order valence-corrected chi connectivity index (χ0v) is 15.6. The van der Waals surface area contributed by atoms with Gasteiger partial charge in [-0.25, -0.2) is 14.6 Å². The minimum Gasteiger partial charge on any atom is -0.353 e. The number of aromatic nitrogens is 4. The number of carbonyl (C=O) groups is 2. The second-order valence-corrected chi connectivity index (χ2v) is 7.61.